The van der Waals surface area contributed by atoms with E-state index in [-0.39, 0.29) is 0 Å². The average Bonchev–Trinajstić information content (AvgIpc) is 3.21. The molecule has 108 valence electrons. The third-order valence-electron chi connectivity index (χ3n) is 3.37. The second kappa shape index (κ2) is 6.40. The highest BCUT2D eigenvalue weighted by molar-refractivity contribution is 7.89. The van der Waals surface area contributed by atoms with Gasteiger partial charge in [0.2, 0.25) is 10.0 Å². The van der Waals surface area contributed by atoms with Crippen LogP contribution in [0.1, 0.15) is 30.4 Å². The van der Waals surface area contributed by atoms with Gasteiger partial charge in [-0.1, -0.05) is 24.7 Å². The molecule has 1 aromatic carbocycles. The lowest BCUT2D eigenvalue weighted by Gasteiger charge is -2.08. The first-order valence-electron chi connectivity index (χ1n) is 6.82. The molecule has 0 radical (unpaired) electrons. The first-order valence-corrected chi connectivity index (χ1v) is 8.30. The highest BCUT2D eigenvalue weighted by Crippen LogP contribution is 2.31. The largest absolute Gasteiger partial charge is 0.320 e. The van der Waals surface area contributed by atoms with Crippen molar-refractivity contribution >= 4 is 10.0 Å². The molecule has 4 nitrogen and oxygen atoms in total. The van der Waals surface area contributed by atoms with Gasteiger partial charge in [-0.3, -0.25) is 0 Å². The van der Waals surface area contributed by atoms with Gasteiger partial charge in [-0.25, -0.2) is 13.1 Å². The van der Waals surface area contributed by atoms with Crippen molar-refractivity contribution in [2.45, 2.75) is 31.1 Å². The molecular formula is C15H20N2O2S. The van der Waals surface area contributed by atoms with Crippen LogP contribution >= 0.6 is 0 Å². The minimum absolute atomic E-state index is 0.294. The maximum Gasteiger partial charge on any atom is 0.240 e. The molecule has 5 heteroatoms. The number of hydrogen-bond donors (Lipinski definition) is 2. The monoisotopic (exact) mass is 292 g/mol. The molecule has 1 saturated carbocycles. The van der Waals surface area contributed by atoms with E-state index in [0.717, 1.165) is 17.5 Å². The van der Waals surface area contributed by atoms with Crippen molar-refractivity contribution in [3.05, 3.63) is 29.3 Å². The second-order valence-corrected chi connectivity index (χ2v) is 6.88. The summed E-state index contributed by atoms with van der Waals surface area (Å²) in [7, 11) is -3.41. The molecule has 1 fully saturated rings. The van der Waals surface area contributed by atoms with Gasteiger partial charge >= 0.3 is 0 Å². The van der Waals surface area contributed by atoms with E-state index in [1.54, 1.807) is 18.2 Å². The molecule has 0 atom stereocenters. The summed E-state index contributed by atoms with van der Waals surface area (Å²) in [6.07, 6.45) is 3.39. The van der Waals surface area contributed by atoms with E-state index in [1.165, 1.54) is 12.8 Å². The smallest absolute Gasteiger partial charge is 0.240 e. The normalized spacial score (nSPS) is 14.7. The van der Waals surface area contributed by atoms with Crippen LogP contribution < -0.4 is 10.5 Å². The molecule has 0 amide bonds. The van der Waals surface area contributed by atoms with Crippen LogP contribution in [-0.2, 0) is 10.0 Å². The van der Waals surface area contributed by atoms with E-state index in [0.29, 0.717) is 23.9 Å². The molecule has 2 rings (SSSR count). The average molecular weight is 292 g/mol. The predicted molar refractivity (Wildman–Crippen MR) is 79.6 cm³/mol. The summed E-state index contributed by atoms with van der Waals surface area (Å²) < 4.78 is 26.9. The lowest BCUT2D eigenvalue weighted by Crippen LogP contribution is -2.25. The molecule has 0 bridgehead atoms. The van der Waals surface area contributed by atoms with Crippen LogP contribution in [0.5, 0.6) is 0 Å². The molecule has 20 heavy (non-hydrogen) atoms. The molecular weight excluding hydrogens is 272 g/mol. The van der Waals surface area contributed by atoms with Gasteiger partial charge in [-0.05, 0) is 43.0 Å². The van der Waals surface area contributed by atoms with Crippen molar-refractivity contribution in [2.75, 3.05) is 13.1 Å². The minimum atomic E-state index is -3.41. The fraction of sp³-hybridized carbons (Fsp3) is 0.467. The van der Waals surface area contributed by atoms with Crippen molar-refractivity contribution in [2.24, 2.45) is 11.7 Å². The number of hydrogen-bond acceptors (Lipinski definition) is 3. The lowest BCUT2D eigenvalue weighted by molar-refractivity contribution is 0.575. The number of aryl methyl sites for hydroxylation is 1. The summed E-state index contributed by atoms with van der Waals surface area (Å²) in [6, 6.07) is 4.97. The number of rotatable bonds is 5. The Labute approximate surface area is 120 Å². The van der Waals surface area contributed by atoms with Gasteiger partial charge < -0.3 is 5.73 Å². The molecule has 1 aliphatic rings. The highest BCUT2D eigenvalue weighted by atomic mass is 32.2. The molecule has 0 unspecified atom stereocenters. The number of sulfonamides is 1. The molecule has 1 aliphatic carbocycles. The second-order valence-electron chi connectivity index (χ2n) is 5.11. The van der Waals surface area contributed by atoms with Gasteiger partial charge in [-0.15, -0.1) is 0 Å². The number of nitrogens with two attached hydrogens (primary N) is 1. The summed E-state index contributed by atoms with van der Waals surface area (Å²) >= 11 is 0. The van der Waals surface area contributed by atoms with Crippen LogP contribution in [0.3, 0.4) is 0 Å². The Morgan fingerprint density at radius 2 is 2.15 bits per heavy atom. The van der Waals surface area contributed by atoms with Crippen molar-refractivity contribution in [3.63, 3.8) is 0 Å². The van der Waals surface area contributed by atoms with Gasteiger partial charge in [0.1, 0.15) is 0 Å². The fourth-order valence-corrected chi connectivity index (χ4v) is 3.11. The third-order valence-corrected chi connectivity index (χ3v) is 4.83. The Morgan fingerprint density at radius 3 is 2.75 bits per heavy atom. The zero-order valence-corrected chi connectivity index (χ0v) is 12.5. The molecule has 0 saturated heterocycles. The lowest BCUT2D eigenvalue weighted by atomic mass is 10.1. The topological polar surface area (TPSA) is 72.2 Å². The van der Waals surface area contributed by atoms with Crippen molar-refractivity contribution in [1.82, 2.24) is 4.72 Å². The first-order chi connectivity index (χ1) is 9.53. The summed E-state index contributed by atoms with van der Waals surface area (Å²) in [5.41, 5.74) is 6.99. The zero-order valence-electron chi connectivity index (χ0n) is 11.6. The third kappa shape index (κ3) is 4.07. The van der Waals surface area contributed by atoms with Crippen LogP contribution in [-0.4, -0.2) is 21.5 Å². The maximum atomic E-state index is 12.1. The van der Waals surface area contributed by atoms with Crippen LogP contribution in [0.4, 0.5) is 0 Å². The van der Waals surface area contributed by atoms with E-state index in [1.807, 2.05) is 6.92 Å². The summed E-state index contributed by atoms with van der Waals surface area (Å²) in [6.45, 7) is 2.66. The molecule has 0 aliphatic heterocycles. The van der Waals surface area contributed by atoms with E-state index < -0.39 is 10.0 Å². The van der Waals surface area contributed by atoms with E-state index in [9.17, 15) is 8.42 Å². The quantitative estimate of drug-likeness (QED) is 0.805. The maximum absolute atomic E-state index is 12.1. The van der Waals surface area contributed by atoms with Crippen molar-refractivity contribution < 1.29 is 8.42 Å². The van der Waals surface area contributed by atoms with Crippen molar-refractivity contribution in [3.8, 4) is 11.8 Å². The predicted octanol–water partition coefficient (Wildman–Crippen LogP) is 1.38. The van der Waals surface area contributed by atoms with Crippen LogP contribution in [0.15, 0.2) is 23.1 Å². The van der Waals surface area contributed by atoms with Gasteiger partial charge in [0, 0.05) is 12.1 Å². The number of benzene rings is 1. The van der Waals surface area contributed by atoms with E-state index in [4.69, 9.17) is 5.73 Å². The van der Waals surface area contributed by atoms with Crippen LogP contribution in [0.2, 0.25) is 0 Å². The molecule has 3 N–H and O–H groups in total. The van der Waals surface area contributed by atoms with Gasteiger partial charge in [0.15, 0.2) is 0 Å². The van der Waals surface area contributed by atoms with E-state index >= 15 is 0 Å². The number of nitrogens with one attached hydrogen (secondary N) is 1. The first kappa shape index (κ1) is 15.0. The Kier molecular flexibility index (Phi) is 4.81. The molecule has 0 aromatic heterocycles. The molecule has 0 heterocycles. The summed E-state index contributed by atoms with van der Waals surface area (Å²) in [4.78, 5) is 0.295. The SMILES string of the molecule is Cc1cc(S(=O)(=O)NCCC2CC2)ccc1C#CCN. The van der Waals surface area contributed by atoms with E-state index in [2.05, 4.69) is 16.6 Å². The molecule has 0 spiro atoms. The fourth-order valence-electron chi connectivity index (χ4n) is 1.98. The summed E-state index contributed by atoms with van der Waals surface area (Å²) in [5.74, 6) is 6.41. The Bertz CT molecular complexity index is 638. The van der Waals surface area contributed by atoms with Crippen molar-refractivity contribution in [1.29, 1.82) is 0 Å². The minimum Gasteiger partial charge on any atom is -0.320 e. The summed E-state index contributed by atoms with van der Waals surface area (Å²) in [5, 5.41) is 0. The highest BCUT2D eigenvalue weighted by Gasteiger charge is 2.22. The van der Waals surface area contributed by atoms with Crippen LogP contribution in [0.25, 0.3) is 0 Å². The Morgan fingerprint density at radius 1 is 1.40 bits per heavy atom. The van der Waals surface area contributed by atoms with Gasteiger partial charge in [0.05, 0.1) is 11.4 Å². The zero-order chi connectivity index (χ0) is 14.6. The standard InChI is InChI=1S/C15H20N2O2S/c1-12-11-15(7-6-14(12)3-2-9-16)20(18,19)17-10-8-13-4-5-13/h6-7,11,13,17H,4-5,8-10,16H2,1H3. The van der Waals surface area contributed by atoms with Crippen LogP contribution in [0, 0.1) is 24.7 Å². The molecule has 1 aromatic rings. The Hall–Kier alpha value is -1.35. The van der Waals surface area contributed by atoms with Gasteiger partial charge in [0.25, 0.3) is 0 Å². The Balaban J connectivity index is 2.08. The van der Waals surface area contributed by atoms with Gasteiger partial charge in [-0.2, -0.15) is 0 Å².